The first kappa shape index (κ1) is 11.8. The van der Waals surface area contributed by atoms with E-state index in [-0.39, 0.29) is 5.69 Å². The fraction of sp³-hybridized carbons (Fsp3) is 0.364. The highest BCUT2D eigenvalue weighted by molar-refractivity contribution is 7.11. The Kier molecular flexibility index (Phi) is 2.97. The van der Waals surface area contributed by atoms with E-state index in [1.165, 1.54) is 11.3 Å². The SMILES string of the molecule is Cc1noc(C)c1Cc1nc(C(=O)O)c(C)s1. The van der Waals surface area contributed by atoms with Crippen molar-refractivity contribution in [3.63, 3.8) is 0 Å². The molecule has 0 radical (unpaired) electrons. The largest absolute Gasteiger partial charge is 0.476 e. The Labute approximate surface area is 102 Å². The van der Waals surface area contributed by atoms with Crippen LogP contribution in [0.5, 0.6) is 0 Å². The zero-order valence-corrected chi connectivity index (χ0v) is 10.6. The smallest absolute Gasteiger partial charge is 0.355 e. The summed E-state index contributed by atoms with van der Waals surface area (Å²) >= 11 is 1.40. The molecule has 0 saturated heterocycles. The van der Waals surface area contributed by atoms with Crippen LogP contribution in [0.2, 0.25) is 0 Å². The summed E-state index contributed by atoms with van der Waals surface area (Å²) in [4.78, 5) is 15.7. The monoisotopic (exact) mass is 252 g/mol. The van der Waals surface area contributed by atoms with Gasteiger partial charge >= 0.3 is 5.97 Å². The van der Waals surface area contributed by atoms with Crippen molar-refractivity contribution in [1.29, 1.82) is 0 Å². The van der Waals surface area contributed by atoms with E-state index in [9.17, 15) is 4.79 Å². The van der Waals surface area contributed by atoms with Gasteiger partial charge in [-0.3, -0.25) is 0 Å². The lowest BCUT2D eigenvalue weighted by Gasteiger charge is -1.94. The van der Waals surface area contributed by atoms with Gasteiger partial charge in [0.1, 0.15) is 5.76 Å². The average Bonchev–Trinajstić information content (AvgIpc) is 2.76. The molecule has 2 aromatic heterocycles. The topological polar surface area (TPSA) is 76.2 Å². The minimum atomic E-state index is -0.983. The maximum absolute atomic E-state index is 10.9. The maximum atomic E-state index is 10.9. The molecule has 0 aliphatic rings. The van der Waals surface area contributed by atoms with Gasteiger partial charge in [0.25, 0.3) is 0 Å². The molecule has 0 spiro atoms. The van der Waals surface area contributed by atoms with Gasteiger partial charge < -0.3 is 9.63 Å². The van der Waals surface area contributed by atoms with E-state index in [0.29, 0.717) is 6.42 Å². The lowest BCUT2D eigenvalue weighted by Crippen LogP contribution is -1.99. The molecule has 17 heavy (non-hydrogen) atoms. The minimum Gasteiger partial charge on any atom is -0.476 e. The van der Waals surface area contributed by atoms with Crippen molar-refractivity contribution in [2.75, 3.05) is 0 Å². The standard InChI is InChI=1S/C11H12N2O3S/c1-5-8(6(2)16-13-5)4-9-12-10(11(14)15)7(3)17-9/h4H2,1-3H3,(H,14,15). The lowest BCUT2D eigenvalue weighted by atomic mass is 10.1. The fourth-order valence-corrected chi connectivity index (χ4v) is 2.57. The van der Waals surface area contributed by atoms with Crippen LogP contribution in [0.15, 0.2) is 4.52 Å². The number of aromatic carboxylic acids is 1. The molecule has 0 saturated carbocycles. The molecule has 2 aromatic rings. The third-order valence-electron chi connectivity index (χ3n) is 2.55. The zero-order chi connectivity index (χ0) is 12.6. The van der Waals surface area contributed by atoms with E-state index in [1.54, 1.807) is 6.92 Å². The number of hydrogen-bond donors (Lipinski definition) is 1. The van der Waals surface area contributed by atoms with Crippen molar-refractivity contribution >= 4 is 17.3 Å². The summed E-state index contributed by atoms with van der Waals surface area (Å²) in [6, 6.07) is 0. The first-order valence-corrected chi connectivity index (χ1v) is 5.92. The van der Waals surface area contributed by atoms with Crippen LogP contribution in [-0.2, 0) is 6.42 Å². The predicted octanol–water partition coefficient (Wildman–Crippen LogP) is 2.35. The van der Waals surface area contributed by atoms with E-state index in [2.05, 4.69) is 10.1 Å². The number of aromatic nitrogens is 2. The predicted molar refractivity (Wildman–Crippen MR) is 62.6 cm³/mol. The number of aryl methyl sites for hydroxylation is 3. The molecule has 90 valence electrons. The number of carboxylic acids is 1. The van der Waals surface area contributed by atoms with Gasteiger partial charge in [-0.2, -0.15) is 0 Å². The Morgan fingerprint density at radius 1 is 1.41 bits per heavy atom. The summed E-state index contributed by atoms with van der Waals surface area (Å²) < 4.78 is 5.06. The van der Waals surface area contributed by atoms with Crippen LogP contribution in [0.3, 0.4) is 0 Å². The van der Waals surface area contributed by atoms with E-state index < -0.39 is 5.97 Å². The van der Waals surface area contributed by atoms with Crippen LogP contribution in [0.25, 0.3) is 0 Å². The highest BCUT2D eigenvalue weighted by atomic mass is 32.1. The molecule has 0 aliphatic carbocycles. The van der Waals surface area contributed by atoms with Crippen LogP contribution >= 0.6 is 11.3 Å². The van der Waals surface area contributed by atoms with Crippen molar-refractivity contribution in [2.45, 2.75) is 27.2 Å². The van der Waals surface area contributed by atoms with Crippen molar-refractivity contribution in [3.8, 4) is 0 Å². The normalized spacial score (nSPS) is 10.8. The third kappa shape index (κ3) is 2.21. The van der Waals surface area contributed by atoms with Crippen LogP contribution in [0.4, 0.5) is 0 Å². The fourth-order valence-electron chi connectivity index (χ4n) is 1.63. The summed E-state index contributed by atoms with van der Waals surface area (Å²) in [6.45, 7) is 5.47. The Morgan fingerprint density at radius 3 is 2.59 bits per heavy atom. The number of carbonyl (C=O) groups is 1. The molecule has 6 heteroatoms. The van der Waals surface area contributed by atoms with Crippen LogP contribution in [-0.4, -0.2) is 21.2 Å². The third-order valence-corrected chi connectivity index (χ3v) is 3.52. The van der Waals surface area contributed by atoms with Gasteiger partial charge in [-0.25, -0.2) is 9.78 Å². The molecule has 0 aromatic carbocycles. The molecule has 0 atom stereocenters. The van der Waals surface area contributed by atoms with Gasteiger partial charge in [-0.15, -0.1) is 11.3 Å². The van der Waals surface area contributed by atoms with E-state index in [0.717, 1.165) is 26.9 Å². The molecular formula is C11H12N2O3S. The number of carboxylic acid groups (broad SMARTS) is 1. The van der Waals surface area contributed by atoms with Gasteiger partial charge in [0.2, 0.25) is 0 Å². The first-order valence-electron chi connectivity index (χ1n) is 5.10. The van der Waals surface area contributed by atoms with Gasteiger partial charge in [-0.1, -0.05) is 5.16 Å². The molecule has 0 bridgehead atoms. The lowest BCUT2D eigenvalue weighted by molar-refractivity contribution is 0.0690. The van der Waals surface area contributed by atoms with Crippen molar-refractivity contribution in [1.82, 2.24) is 10.1 Å². The Balaban J connectivity index is 2.31. The summed E-state index contributed by atoms with van der Waals surface area (Å²) in [7, 11) is 0. The summed E-state index contributed by atoms with van der Waals surface area (Å²) in [6.07, 6.45) is 0.569. The molecule has 0 amide bonds. The highest BCUT2D eigenvalue weighted by Crippen LogP contribution is 2.23. The maximum Gasteiger partial charge on any atom is 0.355 e. The number of rotatable bonds is 3. The average molecular weight is 252 g/mol. The van der Waals surface area contributed by atoms with Crippen molar-refractivity contribution < 1.29 is 14.4 Å². The summed E-state index contributed by atoms with van der Waals surface area (Å²) in [5.74, 6) is -0.226. The van der Waals surface area contributed by atoms with Crippen molar-refractivity contribution in [3.05, 3.63) is 32.6 Å². The molecule has 0 aliphatic heterocycles. The zero-order valence-electron chi connectivity index (χ0n) is 9.77. The minimum absolute atomic E-state index is 0.136. The van der Waals surface area contributed by atoms with Crippen LogP contribution in [0, 0.1) is 20.8 Å². The Hall–Kier alpha value is -1.69. The van der Waals surface area contributed by atoms with Crippen LogP contribution < -0.4 is 0 Å². The number of hydrogen-bond acceptors (Lipinski definition) is 5. The van der Waals surface area contributed by atoms with Gasteiger partial charge in [0.05, 0.1) is 10.7 Å². The second-order valence-electron chi connectivity index (χ2n) is 3.80. The van der Waals surface area contributed by atoms with Crippen LogP contribution in [0.1, 0.15) is 37.4 Å². The van der Waals surface area contributed by atoms with E-state index >= 15 is 0 Å². The van der Waals surface area contributed by atoms with Gasteiger partial charge in [0, 0.05) is 16.9 Å². The summed E-state index contributed by atoms with van der Waals surface area (Å²) in [5.41, 5.74) is 1.94. The second-order valence-corrected chi connectivity index (χ2v) is 5.08. The highest BCUT2D eigenvalue weighted by Gasteiger charge is 2.17. The van der Waals surface area contributed by atoms with Gasteiger partial charge in [-0.05, 0) is 20.8 Å². The summed E-state index contributed by atoms with van der Waals surface area (Å²) in [5, 5.41) is 13.6. The first-order chi connectivity index (χ1) is 7.99. The molecule has 5 nitrogen and oxygen atoms in total. The van der Waals surface area contributed by atoms with E-state index in [1.807, 2.05) is 13.8 Å². The Bertz CT molecular complexity index is 552. The molecular weight excluding hydrogens is 240 g/mol. The Morgan fingerprint density at radius 2 is 2.12 bits per heavy atom. The quantitative estimate of drug-likeness (QED) is 0.907. The van der Waals surface area contributed by atoms with E-state index in [4.69, 9.17) is 9.63 Å². The molecule has 2 rings (SSSR count). The molecule has 0 unspecified atom stereocenters. The molecule has 0 fully saturated rings. The molecule has 2 heterocycles. The molecule has 1 N–H and O–H groups in total. The number of thiazole rings is 1. The van der Waals surface area contributed by atoms with Gasteiger partial charge in [0.15, 0.2) is 5.69 Å². The number of nitrogens with zero attached hydrogens (tertiary/aromatic N) is 2. The van der Waals surface area contributed by atoms with Crippen molar-refractivity contribution in [2.24, 2.45) is 0 Å². The second kappa shape index (κ2) is 4.29.